The second-order valence-electron chi connectivity index (χ2n) is 4.78. The van der Waals surface area contributed by atoms with E-state index in [0.29, 0.717) is 24.1 Å². The van der Waals surface area contributed by atoms with Gasteiger partial charge in [-0.15, -0.1) is 0 Å². The van der Waals surface area contributed by atoms with E-state index in [4.69, 9.17) is 0 Å². The van der Waals surface area contributed by atoms with E-state index in [-0.39, 0.29) is 12.5 Å². The Morgan fingerprint density at radius 1 is 1.42 bits per heavy atom. The molecule has 0 aliphatic rings. The first-order chi connectivity index (χ1) is 8.86. The topological polar surface area (TPSA) is 84.2 Å². The molecular weight excluding hydrogens is 246 g/mol. The molecule has 0 aliphatic carbocycles. The molecule has 2 N–H and O–H groups in total. The summed E-state index contributed by atoms with van der Waals surface area (Å²) < 4.78 is 1.56. The van der Waals surface area contributed by atoms with Gasteiger partial charge in [0.2, 0.25) is 0 Å². The lowest BCUT2D eigenvalue weighted by Crippen LogP contribution is -2.42. The van der Waals surface area contributed by atoms with Crippen LogP contribution in [0.15, 0.2) is 6.20 Å². The highest BCUT2D eigenvalue weighted by atomic mass is 16.4. The number of nitrogens with one attached hydrogen (secondary N) is 1. The lowest BCUT2D eigenvalue weighted by Gasteiger charge is -2.26. The Bertz CT molecular complexity index is 475. The molecule has 19 heavy (non-hydrogen) atoms. The first kappa shape index (κ1) is 15.2. The van der Waals surface area contributed by atoms with Gasteiger partial charge < -0.3 is 10.4 Å². The molecule has 0 bridgehead atoms. The minimum atomic E-state index is -0.897. The van der Waals surface area contributed by atoms with Gasteiger partial charge in [0.25, 0.3) is 5.91 Å². The summed E-state index contributed by atoms with van der Waals surface area (Å²) in [6.07, 6.45) is 2.58. The molecule has 0 radical (unpaired) electrons. The van der Waals surface area contributed by atoms with Crippen LogP contribution >= 0.6 is 0 Å². The molecule has 0 saturated heterocycles. The van der Waals surface area contributed by atoms with Crippen molar-refractivity contribution in [1.82, 2.24) is 15.1 Å². The molecule has 0 aliphatic heterocycles. The summed E-state index contributed by atoms with van der Waals surface area (Å²) in [6.45, 7) is 5.51. The van der Waals surface area contributed by atoms with Crippen LogP contribution in [0.2, 0.25) is 0 Å². The maximum absolute atomic E-state index is 12.0. The van der Waals surface area contributed by atoms with Gasteiger partial charge in [0.1, 0.15) is 0 Å². The molecule has 1 amide bonds. The van der Waals surface area contributed by atoms with Crippen molar-refractivity contribution in [2.24, 2.45) is 12.5 Å². The maximum Gasteiger partial charge on any atom is 0.311 e. The lowest BCUT2D eigenvalue weighted by atomic mass is 9.82. The highest BCUT2D eigenvalue weighted by Gasteiger charge is 2.35. The second kappa shape index (κ2) is 5.86. The van der Waals surface area contributed by atoms with Gasteiger partial charge >= 0.3 is 5.97 Å². The Labute approximate surface area is 112 Å². The fourth-order valence-electron chi connectivity index (χ4n) is 2.05. The molecule has 0 unspecified atom stereocenters. The van der Waals surface area contributed by atoms with E-state index in [0.717, 1.165) is 0 Å². The molecule has 0 spiro atoms. The zero-order valence-corrected chi connectivity index (χ0v) is 11.9. The highest BCUT2D eigenvalue weighted by Crippen LogP contribution is 2.25. The van der Waals surface area contributed by atoms with Crippen LogP contribution < -0.4 is 5.32 Å². The van der Waals surface area contributed by atoms with Gasteiger partial charge in [0.15, 0.2) is 0 Å². The number of amides is 1. The molecule has 0 atom stereocenters. The standard InChI is InChI=1S/C13H21N3O3/c1-5-13(6-2,12(18)19)8-14-11(17)10-7-16(4)15-9(10)3/h7H,5-6,8H2,1-4H3,(H,14,17)(H,18,19). The van der Waals surface area contributed by atoms with Crippen molar-refractivity contribution < 1.29 is 14.7 Å². The SMILES string of the molecule is CCC(CC)(CNC(=O)c1cn(C)nc1C)C(=O)O. The Kier molecular flexibility index (Phi) is 4.69. The minimum absolute atomic E-state index is 0.127. The molecule has 0 fully saturated rings. The molecule has 6 heteroatoms. The van der Waals surface area contributed by atoms with Gasteiger partial charge in [-0.3, -0.25) is 14.3 Å². The average Bonchev–Trinajstić information content (AvgIpc) is 2.69. The van der Waals surface area contributed by atoms with Crippen molar-refractivity contribution in [3.8, 4) is 0 Å². The number of carboxylic acids is 1. The van der Waals surface area contributed by atoms with Crippen LogP contribution in [-0.2, 0) is 11.8 Å². The third-order valence-electron chi connectivity index (χ3n) is 3.65. The number of carboxylic acid groups (broad SMARTS) is 1. The number of carbonyl (C=O) groups excluding carboxylic acids is 1. The number of nitrogens with zero attached hydrogens (tertiary/aromatic N) is 2. The van der Waals surface area contributed by atoms with Crippen LogP contribution in [-0.4, -0.2) is 33.3 Å². The molecule has 1 heterocycles. The predicted octanol–water partition coefficient (Wildman–Crippen LogP) is 1.35. The van der Waals surface area contributed by atoms with Gasteiger partial charge in [-0.05, 0) is 19.8 Å². The Balaban J connectivity index is 2.78. The largest absolute Gasteiger partial charge is 0.481 e. The fraction of sp³-hybridized carbons (Fsp3) is 0.615. The lowest BCUT2D eigenvalue weighted by molar-refractivity contribution is -0.149. The first-order valence-corrected chi connectivity index (χ1v) is 6.38. The minimum Gasteiger partial charge on any atom is -0.481 e. The van der Waals surface area contributed by atoms with Crippen LogP contribution in [0.5, 0.6) is 0 Å². The quantitative estimate of drug-likeness (QED) is 0.814. The summed E-state index contributed by atoms with van der Waals surface area (Å²) in [5.74, 6) is -1.15. The second-order valence-corrected chi connectivity index (χ2v) is 4.78. The number of aliphatic carboxylic acids is 1. The van der Waals surface area contributed by atoms with Crippen molar-refractivity contribution in [2.75, 3.05) is 6.54 Å². The summed E-state index contributed by atoms with van der Waals surface area (Å²) in [7, 11) is 1.74. The molecule has 1 aromatic heterocycles. The van der Waals surface area contributed by atoms with E-state index in [1.54, 1.807) is 24.9 Å². The molecule has 1 rings (SSSR count). The average molecular weight is 267 g/mol. The van der Waals surface area contributed by atoms with Gasteiger partial charge in [0, 0.05) is 19.8 Å². The highest BCUT2D eigenvalue weighted by molar-refractivity contribution is 5.95. The van der Waals surface area contributed by atoms with E-state index < -0.39 is 11.4 Å². The van der Waals surface area contributed by atoms with Crippen molar-refractivity contribution in [3.63, 3.8) is 0 Å². The van der Waals surface area contributed by atoms with Crippen LogP contribution in [0.1, 0.15) is 42.7 Å². The summed E-state index contributed by atoms with van der Waals surface area (Å²) >= 11 is 0. The van der Waals surface area contributed by atoms with Crippen molar-refractivity contribution >= 4 is 11.9 Å². The van der Waals surface area contributed by atoms with E-state index in [2.05, 4.69) is 10.4 Å². The molecule has 0 saturated carbocycles. The molecule has 6 nitrogen and oxygen atoms in total. The van der Waals surface area contributed by atoms with Crippen molar-refractivity contribution in [2.45, 2.75) is 33.6 Å². The van der Waals surface area contributed by atoms with Gasteiger partial charge in [0.05, 0.1) is 16.7 Å². The summed E-state index contributed by atoms with van der Waals surface area (Å²) in [4.78, 5) is 23.4. The normalized spacial score (nSPS) is 11.4. The third kappa shape index (κ3) is 3.13. The zero-order valence-electron chi connectivity index (χ0n) is 11.9. The number of hydrogen-bond donors (Lipinski definition) is 2. The number of carbonyl (C=O) groups is 2. The van der Waals surface area contributed by atoms with Crippen LogP contribution in [0.3, 0.4) is 0 Å². The van der Waals surface area contributed by atoms with E-state index in [1.165, 1.54) is 0 Å². The van der Waals surface area contributed by atoms with Crippen molar-refractivity contribution in [3.05, 3.63) is 17.5 Å². The van der Waals surface area contributed by atoms with E-state index in [9.17, 15) is 14.7 Å². The summed E-state index contributed by atoms with van der Waals surface area (Å²) in [6, 6.07) is 0. The number of rotatable bonds is 6. The Morgan fingerprint density at radius 2 is 2.00 bits per heavy atom. The Hall–Kier alpha value is -1.85. The van der Waals surface area contributed by atoms with E-state index in [1.807, 2.05) is 13.8 Å². The van der Waals surface area contributed by atoms with Gasteiger partial charge in [-0.2, -0.15) is 5.10 Å². The first-order valence-electron chi connectivity index (χ1n) is 6.38. The summed E-state index contributed by atoms with van der Waals surface area (Å²) in [5, 5.41) is 16.1. The fourth-order valence-corrected chi connectivity index (χ4v) is 2.05. The smallest absolute Gasteiger partial charge is 0.311 e. The molecule has 1 aromatic rings. The van der Waals surface area contributed by atoms with Crippen LogP contribution in [0, 0.1) is 12.3 Å². The maximum atomic E-state index is 12.0. The molecule has 0 aromatic carbocycles. The van der Waals surface area contributed by atoms with Gasteiger partial charge in [-0.1, -0.05) is 13.8 Å². The molecule has 106 valence electrons. The molecular formula is C13H21N3O3. The predicted molar refractivity (Wildman–Crippen MR) is 70.9 cm³/mol. The number of hydrogen-bond acceptors (Lipinski definition) is 3. The summed E-state index contributed by atoms with van der Waals surface area (Å²) in [5.41, 5.74) is 0.217. The zero-order chi connectivity index (χ0) is 14.6. The van der Waals surface area contributed by atoms with Crippen LogP contribution in [0.4, 0.5) is 0 Å². The Morgan fingerprint density at radius 3 is 2.37 bits per heavy atom. The number of aromatic nitrogens is 2. The van der Waals surface area contributed by atoms with Crippen LogP contribution in [0.25, 0.3) is 0 Å². The number of aryl methyl sites for hydroxylation is 2. The van der Waals surface area contributed by atoms with Crippen molar-refractivity contribution in [1.29, 1.82) is 0 Å². The third-order valence-corrected chi connectivity index (χ3v) is 3.65. The van der Waals surface area contributed by atoms with Gasteiger partial charge in [-0.25, -0.2) is 0 Å². The van der Waals surface area contributed by atoms with E-state index >= 15 is 0 Å². The monoisotopic (exact) mass is 267 g/mol.